The summed E-state index contributed by atoms with van der Waals surface area (Å²) in [6.45, 7) is 11.4. The highest BCUT2D eigenvalue weighted by Crippen LogP contribution is 2.29. The van der Waals surface area contributed by atoms with E-state index in [1.54, 1.807) is 23.4 Å². The summed E-state index contributed by atoms with van der Waals surface area (Å²) in [5.74, 6) is 0.484. The van der Waals surface area contributed by atoms with Crippen LogP contribution >= 0.6 is 0 Å². The lowest BCUT2D eigenvalue weighted by Crippen LogP contribution is -2.37. The molecule has 0 aliphatic carbocycles. The molecule has 0 bridgehead atoms. The molecule has 33 heavy (non-hydrogen) atoms. The number of hydrogen-bond donors (Lipinski definition) is 1. The third-order valence-corrected chi connectivity index (χ3v) is 5.37. The summed E-state index contributed by atoms with van der Waals surface area (Å²) in [7, 11) is 0. The van der Waals surface area contributed by atoms with Crippen LogP contribution in [0.5, 0.6) is 0 Å². The molecule has 0 aliphatic heterocycles. The van der Waals surface area contributed by atoms with Crippen LogP contribution in [0.25, 0.3) is 11.3 Å². The molecule has 0 radical (unpaired) electrons. The fourth-order valence-corrected chi connectivity index (χ4v) is 3.97. The number of carbonyl (C=O) groups is 2. The van der Waals surface area contributed by atoms with Crippen LogP contribution in [0.15, 0.2) is 47.2 Å². The topological polar surface area (TPSA) is 88.3 Å². The SMILES string of the molecule is Cc1cc(C)c(-c2cc(C(=O)N(CCC(=O)NCc3ccncc3)CC(C)C)no2)c(C)c1. The van der Waals surface area contributed by atoms with Gasteiger partial charge in [0.2, 0.25) is 5.91 Å². The van der Waals surface area contributed by atoms with Crippen molar-refractivity contribution >= 4 is 11.8 Å². The first kappa shape index (κ1) is 24.2. The van der Waals surface area contributed by atoms with Crippen LogP contribution in [0.3, 0.4) is 0 Å². The largest absolute Gasteiger partial charge is 0.355 e. The molecule has 0 saturated carbocycles. The highest BCUT2D eigenvalue weighted by molar-refractivity contribution is 5.93. The molecule has 3 rings (SSSR count). The van der Waals surface area contributed by atoms with Gasteiger partial charge < -0.3 is 14.7 Å². The van der Waals surface area contributed by atoms with Crippen LogP contribution in [-0.4, -0.2) is 39.9 Å². The van der Waals surface area contributed by atoms with E-state index < -0.39 is 0 Å². The maximum absolute atomic E-state index is 13.2. The van der Waals surface area contributed by atoms with Crippen molar-refractivity contribution in [1.82, 2.24) is 20.4 Å². The Bertz CT molecular complexity index is 1080. The molecular formula is C26H32N4O3. The Morgan fingerprint density at radius 3 is 2.36 bits per heavy atom. The first-order chi connectivity index (χ1) is 15.7. The molecular weight excluding hydrogens is 416 g/mol. The Morgan fingerprint density at radius 1 is 1.06 bits per heavy atom. The molecule has 0 spiro atoms. The van der Waals surface area contributed by atoms with Crippen molar-refractivity contribution in [2.75, 3.05) is 13.1 Å². The summed E-state index contributed by atoms with van der Waals surface area (Å²) in [6.07, 6.45) is 3.59. The van der Waals surface area contributed by atoms with E-state index in [1.807, 2.05) is 39.8 Å². The highest BCUT2D eigenvalue weighted by Gasteiger charge is 2.23. The van der Waals surface area contributed by atoms with Crippen LogP contribution in [0.2, 0.25) is 0 Å². The predicted octanol–water partition coefficient (Wildman–Crippen LogP) is 4.47. The van der Waals surface area contributed by atoms with Crippen molar-refractivity contribution in [2.45, 2.75) is 47.6 Å². The van der Waals surface area contributed by atoms with E-state index in [9.17, 15) is 9.59 Å². The second-order valence-electron chi connectivity index (χ2n) is 8.88. The maximum Gasteiger partial charge on any atom is 0.276 e. The third-order valence-electron chi connectivity index (χ3n) is 5.37. The zero-order valence-electron chi connectivity index (χ0n) is 20.0. The lowest BCUT2D eigenvalue weighted by atomic mass is 9.98. The lowest BCUT2D eigenvalue weighted by Gasteiger charge is -2.23. The number of amides is 2. The van der Waals surface area contributed by atoms with E-state index in [0.717, 1.165) is 22.3 Å². The molecule has 2 amide bonds. The number of pyridine rings is 1. The lowest BCUT2D eigenvalue weighted by molar-refractivity contribution is -0.121. The van der Waals surface area contributed by atoms with Crippen LogP contribution in [0, 0.1) is 26.7 Å². The van der Waals surface area contributed by atoms with Crippen molar-refractivity contribution in [3.63, 3.8) is 0 Å². The molecule has 1 N–H and O–H groups in total. The van der Waals surface area contributed by atoms with E-state index >= 15 is 0 Å². The minimum Gasteiger partial charge on any atom is -0.355 e. The standard InChI is InChI=1S/C26H32N4O3/c1-17(2)16-30(11-8-24(31)28-15-21-6-9-27-10-7-21)26(32)22-14-23(33-29-22)25-19(4)12-18(3)13-20(25)5/h6-7,9-10,12-14,17H,8,11,15-16H2,1-5H3,(H,28,31). The van der Waals surface area contributed by atoms with Gasteiger partial charge in [0.25, 0.3) is 5.91 Å². The molecule has 0 atom stereocenters. The van der Waals surface area contributed by atoms with Crippen LogP contribution < -0.4 is 5.32 Å². The van der Waals surface area contributed by atoms with E-state index in [-0.39, 0.29) is 29.8 Å². The van der Waals surface area contributed by atoms with Gasteiger partial charge in [-0.15, -0.1) is 0 Å². The van der Waals surface area contributed by atoms with Gasteiger partial charge >= 0.3 is 0 Å². The molecule has 174 valence electrons. The van der Waals surface area contributed by atoms with E-state index in [4.69, 9.17) is 4.52 Å². The maximum atomic E-state index is 13.2. The predicted molar refractivity (Wildman–Crippen MR) is 128 cm³/mol. The van der Waals surface area contributed by atoms with Crippen molar-refractivity contribution < 1.29 is 14.1 Å². The van der Waals surface area contributed by atoms with Crippen molar-refractivity contribution in [2.24, 2.45) is 5.92 Å². The Morgan fingerprint density at radius 2 is 1.73 bits per heavy atom. The molecule has 7 nitrogen and oxygen atoms in total. The third kappa shape index (κ3) is 6.51. The molecule has 0 unspecified atom stereocenters. The highest BCUT2D eigenvalue weighted by atomic mass is 16.5. The number of rotatable bonds is 9. The molecule has 0 saturated heterocycles. The van der Waals surface area contributed by atoms with Gasteiger partial charge in [-0.2, -0.15) is 0 Å². The summed E-state index contributed by atoms with van der Waals surface area (Å²) >= 11 is 0. The quantitative estimate of drug-likeness (QED) is 0.522. The van der Waals surface area contributed by atoms with Crippen molar-refractivity contribution in [1.29, 1.82) is 0 Å². The van der Waals surface area contributed by atoms with Gasteiger partial charge in [0.05, 0.1) is 0 Å². The van der Waals surface area contributed by atoms with Gasteiger partial charge in [0.15, 0.2) is 11.5 Å². The second-order valence-corrected chi connectivity index (χ2v) is 8.88. The van der Waals surface area contributed by atoms with Crippen LogP contribution in [0.4, 0.5) is 0 Å². The van der Waals surface area contributed by atoms with E-state index in [2.05, 4.69) is 34.5 Å². The molecule has 0 fully saturated rings. The van der Waals surface area contributed by atoms with Crippen molar-refractivity contribution in [3.05, 3.63) is 70.7 Å². The summed E-state index contributed by atoms with van der Waals surface area (Å²) in [5, 5.41) is 6.95. The Labute approximate surface area is 195 Å². The first-order valence-corrected chi connectivity index (χ1v) is 11.2. The van der Waals surface area contributed by atoms with Gasteiger partial charge in [-0.05, 0) is 55.5 Å². The summed E-state index contributed by atoms with van der Waals surface area (Å²) < 4.78 is 5.56. The fourth-order valence-electron chi connectivity index (χ4n) is 3.97. The first-order valence-electron chi connectivity index (χ1n) is 11.2. The normalized spacial score (nSPS) is 11.0. The molecule has 1 aromatic carbocycles. The minimum atomic E-state index is -0.233. The monoisotopic (exact) mass is 448 g/mol. The molecule has 3 aromatic rings. The Hall–Kier alpha value is -3.48. The average molecular weight is 449 g/mol. The van der Waals surface area contributed by atoms with E-state index in [0.29, 0.717) is 25.4 Å². The fraction of sp³-hybridized carbons (Fsp3) is 0.385. The molecule has 2 heterocycles. The second kappa shape index (κ2) is 10.9. The summed E-state index contributed by atoms with van der Waals surface area (Å²) in [4.78, 5) is 31.2. The van der Waals surface area contributed by atoms with Crippen LogP contribution in [0.1, 0.15) is 53.0 Å². The van der Waals surface area contributed by atoms with Gasteiger partial charge in [0.1, 0.15) is 0 Å². The Kier molecular flexibility index (Phi) is 7.98. The molecule has 2 aromatic heterocycles. The van der Waals surface area contributed by atoms with Crippen LogP contribution in [-0.2, 0) is 11.3 Å². The number of nitrogens with one attached hydrogen (secondary N) is 1. The Balaban J connectivity index is 1.68. The molecule has 0 aliphatic rings. The minimum absolute atomic E-state index is 0.111. The number of aromatic nitrogens is 2. The van der Waals surface area contributed by atoms with E-state index in [1.165, 1.54) is 5.56 Å². The van der Waals surface area contributed by atoms with Gasteiger partial charge in [-0.3, -0.25) is 14.6 Å². The number of nitrogens with zero attached hydrogens (tertiary/aromatic N) is 3. The summed E-state index contributed by atoms with van der Waals surface area (Å²) in [6, 6.07) is 9.58. The smallest absolute Gasteiger partial charge is 0.276 e. The van der Waals surface area contributed by atoms with Gasteiger partial charge in [-0.1, -0.05) is 36.7 Å². The number of benzene rings is 1. The van der Waals surface area contributed by atoms with Crippen molar-refractivity contribution in [3.8, 4) is 11.3 Å². The number of carbonyl (C=O) groups excluding carboxylic acids is 2. The van der Waals surface area contributed by atoms with Gasteiger partial charge in [0, 0.05) is 50.1 Å². The summed E-state index contributed by atoms with van der Waals surface area (Å²) in [5.41, 5.74) is 5.51. The average Bonchev–Trinajstić information content (AvgIpc) is 3.24. The molecule has 7 heteroatoms. The van der Waals surface area contributed by atoms with Gasteiger partial charge in [-0.25, -0.2) is 0 Å². The zero-order chi connectivity index (χ0) is 24.0. The number of hydrogen-bond acceptors (Lipinski definition) is 5. The zero-order valence-corrected chi connectivity index (χ0v) is 20.0. The number of aryl methyl sites for hydroxylation is 3.